The van der Waals surface area contributed by atoms with Gasteiger partial charge in [0, 0.05) is 37.7 Å². The molecule has 2 amide bonds. The molecule has 1 aliphatic carbocycles. The van der Waals surface area contributed by atoms with Crippen molar-refractivity contribution in [3.8, 4) is 0 Å². The van der Waals surface area contributed by atoms with Crippen molar-refractivity contribution in [3.63, 3.8) is 0 Å². The number of hydrogen-bond donors (Lipinski definition) is 0. The topological polar surface area (TPSA) is 40.6 Å². The van der Waals surface area contributed by atoms with Gasteiger partial charge in [-0.2, -0.15) is 13.2 Å². The maximum Gasteiger partial charge on any atom is 0.416 e. The van der Waals surface area contributed by atoms with E-state index in [0.29, 0.717) is 32.6 Å². The van der Waals surface area contributed by atoms with Crippen LogP contribution in [0.4, 0.5) is 13.2 Å². The quantitative estimate of drug-likeness (QED) is 0.801. The lowest BCUT2D eigenvalue weighted by molar-refractivity contribution is -0.137. The predicted octanol–water partition coefficient (Wildman–Crippen LogP) is 3.57. The Morgan fingerprint density at radius 2 is 1.42 bits per heavy atom. The van der Waals surface area contributed by atoms with Gasteiger partial charge in [-0.15, -0.1) is 0 Å². The zero-order chi connectivity index (χ0) is 18.7. The van der Waals surface area contributed by atoms with Crippen molar-refractivity contribution in [2.24, 2.45) is 5.92 Å². The second kappa shape index (κ2) is 7.68. The van der Waals surface area contributed by atoms with Crippen molar-refractivity contribution in [1.29, 1.82) is 0 Å². The molecule has 1 saturated carbocycles. The van der Waals surface area contributed by atoms with Crippen LogP contribution in [0.15, 0.2) is 24.3 Å². The van der Waals surface area contributed by atoms with Gasteiger partial charge in [-0.05, 0) is 43.5 Å². The monoisotopic (exact) mass is 368 g/mol. The van der Waals surface area contributed by atoms with Gasteiger partial charge < -0.3 is 9.80 Å². The van der Waals surface area contributed by atoms with E-state index in [1.807, 2.05) is 4.90 Å². The highest BCUT2D eigenvalue weighted by atomic mass is 19.4. The Labute approximate surface area is 151 Å². The summed E-state index contributed by atoms with van der Waals surface area (Å²) in [6.07, 6.45) is 0.370. The fourth-order valence-electron chi connectivity index (χ4n) is 3.76. The molecule has 1 aromatic rings. The van der Waals surface area contributed by atoms with Crippen LogP contribution in [0.25, 0.3) is 0 Å². The summed E-state index contributed by atoms with van der Waals surface area (Å²) in [5, 5.41) is 0. The van der Waals surface area contributed by atoms with Crippen LogP contribution in [0, 0.1) is 5.92 Å². The van der Waals surface area contributed by atoms with Crippen LogP contribution in [0.5, 0.6) is 0 Å². The van der Waals surface area contributed by atoms with E-state index in [2.05, 4.69) is 0 Å². The third-order valence-electron chi connectivity index (χ3n) is 5.26. The number of rotatable bonds is 2. The molecule has 1 saturated heterocycles. The summed E-state index contributed by atoms with van der Waals surface area (Å²) < 4.78 is 37.9. The summed E-state index contributed by atoms with van der Waals surface area (Å²) in [6, 6.07) is 4.30. The maximum absolute atomic E-state index is 12.6. The molecule has 3 rings (SSSR count). The van der Waals surface area contributed by atoms with Gasteiger partial charge in [-0.3, -0.25) is 9.59 Å². The summed E-state index contributed by atoms with van der Waals surface area (Å²) in [5.41, 5.74) is -0.521. The number of carbonyl (C=O) groups is 2. The van der Waals surface area contributed by atoms with Gasteiger partial charge >= 0.3 is 6.18 Å². The number of nitrogens with zero attached hydrogens (tertiary/aromatic N) is 2. The van der Waals surface area contributed by atoms with Crippen molar-refractivity contribution in [3.05, 3.63) is 35.4 Å². The Morgan fingerprint density at radius 1 is 0.846 bits per heavy atom. The molecule has 2 aliphatic rings. The van der Waals surface area contributed by atoms with Crippen LogP contribution in [0.1, 0.15) is 48.0 Å². The first-order valence-corrected chi connectivity index (χ1v) is 9.11. The zero-order valence-electron chi connectivity index (χ0n) is 14.6. The Hall–Kier alpha value is -2.05. The van der Waals surface area contributed by atoms with Gasteiger partial charge in [0.1, 0.15) is 0 Å². The third kappa shape index (κ3) is 4.19. The highest BCUT2D eigenvalue weighted by Gasteiger charge is 2.31. The molecule has 4 nitrogen and oxygen atoms in total. The second-order valence-corrected chi connectivity index (χ2v) is 7.03. The molecule has 142 valence electrons. The Bertz CT molecular complexity index is 652. The minimum atomic E-state index is -4.41. The fraction of sp³-hybridized carbons (Fsp3) is 0.579. The lowest BCUT2D eigenvalue weighted by Gasteiger charge is -2.24. The van der Waals surface area contributed by atoms with Crippen LogP contribution < -0.4 is 0 Å². The maximum atomic E-state index is 12.6. The number of hydrogen-bond acceptors (Lipinski definition) is 2. The fourth-order valence-corrected chi connectivity index (χ4v) is 3.76. The molecule has 0 spiro atoms. The van der Waals surface area contributed by atoms with Crippen molar-refractivity contribution in [2.45, 2.75) is 38.3 Å². The van der Waals surface area contributed by atoms with E-state index >= 15 is 0 Å². The number of alkyl halides is 3. The van der Waals surface area contributed by atoms with Gasteiger partial charge in [0.25, 0.3) is 5.91 Å². The minimum absolute atomic E-state index is 0.118. The standard InChI is InChI=1S/C19H23F3N2O2/c20-19(21,22)16-8-6-15(7-9-16)18(26)24-11-3-10-23(12-13-24)17(25)14-4-1-2-5-14/h6-9,14H,1-5,10-13H2. The van der Waals surface area contributed by atoms with Gasteiger partial charge in [0.15, 0.2) is 0 Å². The van der Waals surface area contributed by atoms with Crippen LogP contribution in [0.2, 0.25) is 0 Å². The third-order valence-corrected chi connectivity index (χ3v) is 5.26. The molecule has 0 aromatic heterocycles. The molecule has 0 bridgehead atoms. The summed E-state index contributed by atoms with van der Waals surface area (Å²) in [4.78, 5) is 28.6. The molecule has 0 atom stereocenters. The predicted molar refractivity (Wildman–Crippen MR) is 90.5 cm³/mol. The van der Waals surface area contributed by atoms with E-state index in [-0.39, 0.29) is 23.3 Å². The smallest absolute Gasteiger partial charge is 0.341 e. The van der Waals surface area contributed by atoms with E-state index in [4.69, 9.17) is 0 Å². The van der Waals surface area contributed by atoms with Gasteiger partial charge in [0.05, 0.1) is 5.56 Å². The van der Waals surface area contributed by atoms with Crippen molar-refractivity contribution in [2.75, 3.05) is 26.2 Å². The van der Waals surface area contributed by atoms with Crippen LogP contribution in [-0.2, 0) is 11.0 Å². The molecule has 7 heteroatoms. The average Bonchev–Trinajstić information content (AvgIpc) is 3.04. The SMILES string of the molecule is O=C(c1ccc(C(F)(F)F)cc1)N1CCCN(C(=O)C2CCCC2)CC1. The molecule has 26 heavy (non-hydrogen) atoms. The average molecular weight is 368 g/mol. The van der Waals surface area contributed by atoms with Crippen molar-refractivity contribution in [1.82, 2.24) is 9.80 Å². The number of halogens is 3. The summed E-state index contributed by atoms with van der Waals surface area (Å²) in [5.74, 6) is 0.0207. The first-order valence-electron chi connectivity index (χ1n) is 9.11. The molecular formula is C19H23F3N2O2. The highest BCUT2D eigenvalue weighted by molar-refractivity contribution is 5.94. The number of benzene rings is 1. The normalized spacial score (nSPS) is 19.5. The Kier molecular flexibility index (Phi) is 5.53. The summed E-state index contributed by atoms with van der Waals surface area (Å²) >= 11 is 0. The first-order chi connectivity index (χ1) is 12.4. The molecule has 0 radical (unpaired) electrons. The van der Waals surface area contributed by atoms with E-state index in [0.717, 1.165) is 37.8 Å². The lowest BCUT2D eigenvalue weighted by Crippen LogP contribution is -2.39. The molecule has 2 fully saturated rings. The van der Waals surface area contributed by atoms with Crippen LogP contribution in [0.3, 0.4) is 0 Å². The van der Waals surface area contributed by atoms with Gasteiger partial charge in [0.2, 0.25) is 5.91 Å². The summed E-state index contributed by atoms with van der Waals surface area (Å²) in [6.45, 7) is 2.04. The first kappa shape index (κ1) is 18.7. The second-order valence-electron chi connectivity index (χ2n) is 7.03. The Morgan fingerprint density at radius 3 is 2.04 bits per heavy atom. The molecular weight excluding hydrogens is 345 g/mol. The van der Waals surface area contributed by atoms with E-state index in [1.54, 1.807) is 4.90 Å². The van der Waals surface area contributed by atoms with E-state index < -0.39 is 11.7 Å². The molecule has 1 aliphatic heterocycles. The Balaban J connectivity index is 1.61. The largest absolute Gasteiger partial charge is 0.416 e. The van der Waals surface area contributed by atoms with Crippen LogP contribution >= 0.6 is 0 Å². The van der Waals surface area contributed by atoms with Crippen molar-refractivity contribution < 1.29 is 22.8 Å². The van der Waals surface area contributed by atoms with E-state index in [1.165, 1.54) is 12.1 Å². The molecule has 0 N–H and O–H groups in total. The number of carbonyl (C=O) groups excluding carboxylic acids is 2. The summed E-state index contributed by atoms with van der Waals surface area (Å²) in [7, 11) is 0. The van der Waals surface area contributed by atoms with Crippen LogP contribution in [-0.4, -0.2) is 47.8 Å². The van der Waals surface area contributed by atoms with Gasteiger partial charge in [-0.25, -0.2) is 0 Å². The van der Waals surface area contributed by atoms with Crippen molar-refractivity contribution >= 4 is 11.8 Å². The zero-order valence-corrected chi connectivity index (χ0v) is 14.6. The van der Waals surface area contributed by atoms with Gasteiger partial charge in [-0.1, -0.05) is 12.8 Å². The van der Waals surface area contributed by atoms with E-state index in [9.17, 15) is 22.8 Å². The lowest BCUT2D eigenvalue weighted by atomic mass is 10.1. The number of amides is 2. The molecule has 0 unspecified atom stereocenters. The highest BCUT2D eigenvalue weighted by Crippen LogP contribution is 2.29. The molecule has 1 heterocycles. The minimum Gasteiger partial charge on any atom is -0.341 e. The molecule has 1 aromatic carbocycles.